The van der Waals surface area contributed by atoms with Crippen LogP contribution in [0.3, 0.4) is 0 Å². The van der Waals surface area contributed by atoms with Crippen LogP contribution in [0, 0.1) is 6.92 Å². The molecule has 0 saturated carbocycles. The Kier molecular flexibility index (Phi) is 5.01. The number of hydrogen-bond donors (Lipinski definition) is 1. The van der Waals surface area contributed by atoms with Gasteiger partial charge in [0.1, 0.15) is 0 Å². The molecule has 0 aromatic carbocycles. The third-order valence-electron chi connectivity index (χ3n) is 4.45. The zero-order chi connectivity index (χ0) is 18.0. The predicted molar refractivity (Wildman–Crippen MR) is 97.2 cm³/mol. The van der Waals surface area contributed by atoms with E-state index in [0.29, 0.717) is 18.9 Å². The van der Waals surface area contributed by atoms with Crippen molar-refractivity contribution in [2.45, 2.75) is 59.2 Å². The molecule has 3 heterocycles. The van der Waals surface area contributed by atoms with Crippen LogP contribution in [0.25, 0.3) is 11.3 Å². The topological polar surface area (TPSA) is 75.9 Å². The molecule has 25 heavy (non-hydrogen) atoms. The van der Waals surface area contributed by atoms with E-state index in [1.807, 2.05) is 42.6 Å². The average Bonchev–Trinajstić information content (AvgIpc) is 3.11. The molecule has 0 unspecified atom stereocenters. The molecular formula is C18H26N6O. The molecule has 1 N–H and O–H groups in total. The van der Waals surface area contributed by atoms with Gasteiger partial charge in [-0.15, -0.1) is 0 Å². The van der Waals surface area contributed by atoms with E-state index in [1.54, 1.807) is 6.20 Å². The lowest BCUT2D eigenvalue weighted by atomic mass is 10.2. The largest absolute Gasteiger partial charge is 0.349 e. The van der Waals surface area contributed by atoms with Gasteiger partial charge in [0.25, 0.3) is 0 Å². The first-order valence-electron chi connectivity index (χ1n) is 8.91. The van der Waals surface area contributed by atoms with Gasteiger partial charge in [0.2, 0.25) is 11.9 Å². The minimum atomic E-state index is 0.0501. The Morgan fingerprint density at radius 2 is 2.20 bits per heavy atom. The first kappa shape index (κ1) is 17.4. The van der Waals surface area contributed by atoms with E-state index in [2.05, 4.69) is 27.3 Å². The van der Waals surface area contributed by atoms with E-state index < -0.39 is 0 Å². The van der Waals surface area contributed by atoms with Crippen molar-refractivity contribution < 1.29 is 4.79 Å². The number of rotatable bonds is 6. The van der Waals surface area contributed by atoms with Gasteiger partial charge in [-0.05, 0) is 33.3 Å². The molecule has 1 atom stereocenters. The third kappa shape index (κ3) is 3.81. The van der Waals surface area contributed by atoms with E-state index >= 15 is 0 Å². The highest BCUT2D eigenvalue weighted by Crippen LogP contribution is 2.22. The Balaban J connectivity index is 1.75. The summed E-state index contributed by atoms with van der Waals surface area (Å²) in [5.74, 6) is 0.740. The maximum Gasteiger partial charge on any atom is 0.225 e. The van der Waals surface area contributed by atoms with Crippen LogP contribution in [-0.4, -0.2) is 49.2 Å². The number of aryl methyl sites for hydroxylation is 2. The molecule has 1 fully saturated rings. The fourth-order valence-corrected chi connectivity index (χ4v) is 3.20. The van der Waals surface area contributed by atoms with Crippen LogP contribution in [0.1, 0.15) is 39.3 Å². The summed E-state index contributed by atoms with van der Waals surface area (Å²) in [6.45, 7) is 9.78. The van der Waals surface area contributed by atoms with Crippen LogP contribution >= 0.6 is 0 Å². The SMILES string of the molecule is CCCn1cc(-c2ccnc(N[C@H]3CC(=O)N(C(C)C)C3)n2)c(C)n1. The lowest BCUT2D eigenvalue weighted by Gasteiger charge is -2.21. The Bertz CT molecular complexity index is 754. The maximum absolute atomic E-state index is 12.0. The highest BCUT2D eigenvalue weighted by Gasteiger charge is 2.31. The van der Waals surface area contributed by atoms with Gasteiger partial charge in [0.05, 0.1) is 17.4 Å². The molecule has 1 aliphatic rings. The van der Waals surface area contributed by atoms with Crippen LogP contribution in [0.15, 0.2) is 18.5 Å². The number of carbonyl (C=O) groups excluding carboxylic acids is 1. The molecule has 3 rings (SSSR count). The number of nitrogens with one attached hydrogen (secondary N) is 1. The molecule has 0 spiro atoms. The zero-order valence-electron chi connectivity index (χ0n) is 15.4. The van der Waals surface area contributed by atoms with E-state index in [-0.39, 0.29) is 18.0 Å². The third-order valence-corrected chi connectivity index (χ3v) is 4.45. The smallest absolute Gasteiger partial charge is 0.225 e. The van der Waals surface area contributed by atoms with Gasteiger partial charge in [-0.3, -0.25) is 9.48 Å². The van der Waals surface area contributed by atoms with Crippen molar-refractivity contribution in [3.8, 4) is 11.3 Å². The van der Waals surface area contributed by atoms with Gasteiger partial charge in [-0.1, -0.05) is 6.92 Å². The highest BCUT2D eigenvalue weighted by atomic mass is 16.2. The predicted octanol–water partition coefficient (Wildman–Crippen LogP) is 2.48. The molecular weight excluding hydrogens is 316 g/mol. The highest BCUT2D eigenvalue weighted by molar-refractivity contribution is 5.80. The number of nitrogens with zero attached hydrogens (tertiary/aromatic N) is 5. The second-order valence-electron chi connectivity index (χ2n) is 6.84. The minimum Gasteiger partial charge on any atom is -0.349 e. The van der Waals surface area contributed by atoms with Gasteiger partial charge in [0.15, 0.2) is 0 Å². The van der Waals surface area contributed by atoms with Crippen molar-refractivity contribution in [2.24, 2.45) is 0 Å². The summed E-state index contributed by atoms with van der Waals surface area (Å²) in [7, 11) is 0. The number of carbonyl (C=O) groups is 1. The average molecular weight is 342 g/mol. The van der Waals surface area contributed by atoms with E-state index in [0.717, 1.165) is 29.9 Å². The minimum absolute atomic E-state index is 0.0501. The Morgan fingerprint density at radius 3 is 2.88 bits per heavy atom. The number of anilines is 1. The summed E-state index contributed by atoms with van der Waals surface area (Å²) < 4.78 is 1.95. The molecule has 1 aliphatic heterocycles. The van der Waals surface area contributed by atoms with Crippen molar-refractivity contribution in [3.05, 3.63) is 24.2 Å². The van der Waals surface area contributed by atoms with Gasteiger partial charge in [-0.25, -0.2) is 9.97 Å². The summed E-state index contributed by atoms with van der Waals surface area (Å²) >= 11 is 0. The second-order valence-corrected chi connectivity index (χ2v) is 6.84. The Hall–Kier alpha value is -2.44. The van der Waals surface area contributed by atoms with E-state index in [1.165, 1.54) is 0 Å². The summed E-state index contributed by atoms with van der Waals surface area (Å²) in [6.07, 6.45) is 5.31. The van der Waals surface area contributed by atoms with Crippen molar-refractivity contribution in [1.82, 2.24) is 24.6 Å². The van der Waals surface area contributed by atoms with Crippen LogP contribution in [0.5, 0.6) is 0 Å². The molecule has 1 saturated heterocycles. The van der Waals surface area contributed by atoms with Gasteiger partial charge < -0.3 is 10.2 Å². The lowest BCUT2D eigenvalue weighted by Crippen LogP contribution is -2.33. The summed E-state index contributed by atoms with van der Waals surface area (Å²) in [5, 5.41) is 7.84. The van der Waals surface area contributed by atoms with Crippen molar-refractivity contribution in [2.75, 3.05) is 11.9 Å². The molecule has 134 valence electrons. The van der Waals surface area contributed by atoms with Crippen molar-refractivity contribution in [3.63, 3.8) is 0 Å². The molecule has 0 radical (unpaired) electrons. The van der Waals surface area contributed by atoms with Crippen LogP contribution in [-0.2, 0) is 11.3 Å². The second kappa shape index (κ2) is 7.21. The van der Waals surface area contributed by atoms with Crippen LogP contribution in [0.4, 0.5) is 5.95 Å². The molecule has 7 nitrogen and oxygen atoms in total. The summed E-state index contributed by atoms with van der Waals surface area (Å²) in [4.78, 5) is 22.9. The van der Waals surface area contributed by atoms with Crippen molar-refractivity contribution >= 4 is 11.9 Å². The van der Waals surface area contributed by atoms with Crippen LogP contribution < -0.4 is 5.32 Å². The fraction of sp³-hybridized carbons (Fsp3) is 0.556. The molecule has 2 aromatic rings. The van der Waals surface area contributed by atoms with Gasteiger partial charge in [-0.2, -0.15) is 5.10 Å². The summed E-state index contributed by atoms with van der Waals surface area (Å²) in [5.41, 5.74) is 2.83. The molecule has 0 aliphatic carbocycles. The maximum atomic E-state index is 12.0. The zero-order valence-corrected chi connectivity index (χ0v) is 15.4. The number of hydrogen-bond acceptors (Lipinski definition) is 5. The first-order valence-corrected chi connectivity index (χ1v) is 8.91. The Labute approximate surface area is 148 Å². The Morgan fingerprint density at radius 1 is 1.40 bits per heavy atom. The monoisotopic (exact) mass is 342 g/mol. The summed E-state index contributed by atoms with van der Waals surface area (Å²) in [6, 6.07) is 2.17. The molecule has 0 bridgehead atoms. The number of likely N-dealkylation sites (tertiary alicyclic amines) is 1. The quantitative estimate of drug-likeness (QED) is 0.873. The molecule has 7 heteroatoms. The van der Waals surface area contributed by atoms with Gasteiger partial charge >= 0.3 is 0 Å². The fourth-order valence-electron chi connectivity index (χ4n) is 3.20. The normalized spacial score (nSPS) is 17.6. The molecule has 2 aromatic heterocycles. The van der Waals surface area contributed by atoms with Crippen molar-refractivity contribution in [1.29, 1.82) is 0 Å². The first-order chi connectivity index (χ1) is 12.0. The van der Waals surface area contributed by atoms with E-state index in [4.69, 9.17) is 0 Å². The standard InChI is InChI=1S/C18H26N6O/c1-5-8-23-11-15(13(4)22-23)16-6-7-19-18(21-16)20-14-9-17(25)24(10-14)12(2)3/h6-7,11-12,14H,5,8-10H2,1-4H3,(H,19,20,21)/t14-/m0/s1. The van der Waals surface area contributed by atoms with Crippen LogP contribution in [0.2, 0.25) is 0 Å². The molecule has 1 amide bonds. The number of aromatic nitrogens is 4. The lowest BCUT2D eigenvalue weighted by molar-refractivity contribution is -0.129. The number of amides is 1. The van der Waals surface area contributed by atoms with E-state index in [9.17, 15) is 4.79 Å². The van der Waals surface area contributed by atoms with Gasteiger partial charge in [0, 0.05) is 43.5 Å².